The minimum absolute atomic E-state index is 0.324. The maximum absolute atomic E-state index is 5.42. The fourth-order valence-electron chi connectivity index (χ4n) is 1.96. The average Bonchev–Trinajstić information content (AvgIpc) is 2.71. The van der Waals surface area contributed by atoms with Gasteiger partial charge in [0.1, 0.15) is 0 Å². The molecule has 90 valence electrons. The topological polar surface area (TPSA) is 51.5 Å². The lowest BCUT2D eigenvalue weighted by atomic mass is 10.2. The van der Waals surface area contributed by atoms with Gasteiger partial charge >= 0.3 is 0 Å². The van der Waals surface area contributed by atoms with Crippen LogP contribution in [0.4, 0.5) is 0 Å². The molecule has 0 aliphatic carbocycles. The van der Waals surface area contributed by atoms with Gasteiger partial charge in [0.25, 0.3) is 0 Å². The third kappa shape index (κ3) is 2.48. The number of halogens is 1. The summed E-state index contributed by atoms with van der Waals surface area (Å²) in [5.41, 5.74) is 0.867. The summed E-state index contributed by atoms with van der Waals surface area (Å²) in [7, 11) is 0. The summed E-state index contributed by atoms with van der Waals surface area (Å²) in [5.74, 6) is 0.853. The van der Waals surface area contributed by atoms with E-state index >= 15 is 0 Å². The van der Waals surface area contributed by atoms with Gasteiger partial charge in [0.05, 0.1) is 13.2 Å². The van der Waals surface area contributed by atoms with Crippen molar-refractivity contribution < 1.29 is 4.74 Å². The Labute approximate surface area is 107 Å². The van der Waals surface area contributed by atoms with Crippen molar-refractivity contribution >= 4 is 21.6 Å². The number of hydrogen-bond donors (Lipinski definition) is 1. The molecule has 3 heterocycles. The van der Waals surface area contributed by atoms with Crippen LogP contribution in [-0.2, 0) is 11.2 Å². The molecular weight excluding hydrogens is 284 g/mol. The fraction of sp³-hybridized carbons (Fsp3) is 0.455. The second-order valence-corrected chi connectivity index (χ2v) is 5.02. The number of aromatic nitrogens is 3. The molecule has 0 aromatic carbocycles. The second-order valence-electron chi connectivity index (χ2n) is 4.11. The number of ether oxygens (including phenoxy) is 1. The first-order valence-corrected chi connectivity index (χ1v) is 6.42. The molecule has 5 nitrogen and oxygen atoms in total. The van der Waals surface area contributed by atoms with E-state index in [9.17, 15) is 0 Å². The van der Waals surface area contributed by atoms with Gasteiger partial charge in [-0.2, -0.15) is 5.10 Å². The number of fused-ring (bicyclic) bond motifs is 1. The first-order valence-electron chi connectivity index (χ1n) is 5.63. The van der Waals surface area contributed by atoms with E-state index in [2.05, 4.69) is 31.3 Å². The monoisotopic (exact) mass is 296 g/mol. The third-order valence-corrected chi connectivity index (χ3v) is 3.26. The molecule has 1 saturated heterocycles. The van der Waals surface area contributed by atoms with Crippen LogP contribution in [0.2, 0.25) is 0 Å². The summed E-state index contributed by atoms with van der Waals surface area (Å²) in [4.78, 5) is 4.49. The van der Waals surface area contributed by atoms with Crippen molar-refractivity contribution in [3.63, 3.8) is 0 Å². The van der Waals surface area contributed by atoms with Gasteiger partial charge in [0.15, 0.2) is 11.5 Å². The Balaban J connectivity index is 1.80. The Bertz CT molecular complexity index is 521. The molecule has 6 heteroatoms. The van der Waals surface area contributed by atoms with Crippen molar-refractivity contribution in [1.29, 1.82) is 0 Å². The predicted octanol–water partition coefficient (Wildman–Crippen LogP) is 1.02. The van der Waals surface area contributed by atoms with E-state index in [1.807, 2.05) is 18.3 Å². The average molecular weight is 297 g/mol. The molecule has 1 aliphatic rings. The molecule has 1 N–H and O–H groups in total. The van der Waals surface area contributed by atoms with Gasteiger partial charge in [0, 0.05) is 29.7 Å². The van der Waals surface area contributed by atoms with Crippen molar-refractivity contribution in [2.75, 3.05) is 19.8 Å². The zero-order valence-corrected chi connectivity index (χ0v) is 10.9. The smallest absolute Gasteiger partial charge is 0.156 e. The number of hydrogen-bond acceptors (Lipinski definition) is 4. The van der Waals surface area contributed by atoms with Crippen molar-refractivity contribution in [3.05, 3.63) is 28.6 Å². The number of nitrogens with one attached hydrogen (secondary N) is 1. The van der Waals surface area contributed by atoms with Gasteiger partial charge in [-0.05, 0) is 12.1 Å². The zero-order chi connectivity index (χ0) is 11.7. The van der Waals surface area contributed by atoms with E-state index in [0.29, 0.717) is 6.04 Å². The largest absolute Gasteiger partial charge is 0.379 e. The number of morpholine rings is 1. The lowest BCUT2D eigenvalue weighted by molar-refractivity contribution is 0.0764. The summed E-state index contributed by atoms with van der Waals surface area (Å²) >= 11 is 3.43. The van der Waals surface area contributed by atoms with E-state index in [0.717, 1.165) is 42.1 Å². The van der Waals surface area contributed by atoms with Crippen LogP contribution in [0.15, 0.2) is 22.8 Å². The van der Waals surface area contributed by atoms with Crippen LogP contribution in [0.5, 0.6) is 0 Å². The van der Waals surface area contributed by atoms with E-state index in [1.54, 1.807) is 4.52 Å². The van der Waals surface area contributed by atoms with Crippen molar-refractivity contribution in [2.24, 2.45) is 0 Å². The van der Waals surface area contributed by atoms with Crippen molar-refractivity contribution in [2.45, 2.75) is 12.5 Å². The van der Waals surface area contributed by atoms with E-state index < -0.39 is 0 Å². The molecule has 1 unspecified atom stereocenters. The number of pyridine rings is 1. The minimum atomic E-state index is 0.324. The first kappa shape index (κ1) is 11.1. The van der Waals surface area contributed by atoms with Gasteiger partial charge in [-0.1, -0.05) is 15.9 Å². The van der Waals surface area contributed by atoms with E-state index in [1.165, 1.54) is 0 Å². The van der Waals surface area contributed by atoms with Crippen molar-refractivity contribution in [1.82, 2.24) is 19.9 Å². The Morgan fingerprint density at radius 2 is 2.53 bits per heavy atom. The standard InChI is InChI=1S/C11H13BrN4O/c12-8-1-3-16-11(5-8)14-10(15-16)6-9-7-17-4-2-13-9/h1,3,5,9,13H,2,4,6-7H2. The summed E-state index contributed by atoms with van der Waals surface area (Å²) in [5, 5.41) is 7.84. The van der Waals surface area contributed by atoms with Crippen LogP contribution in [-0.4, -0.2) is 40.4 Å². The van der Waals surface area contributed by atoms with Gasteiger partial charge < -0.3 is 10.1 Å². The molecule has 2 aromatic heterocycles. The van der Waals surface area contributed by atoms with E-state index in [-0.39, 0.29) is 0 Å². The molecule has 1 atom stereocenters. The van der Waals surface area contributed by atoms with Crippen LogP contribution < -0.4 is 5.32 Å². The molecule has 3 rings (SSSR count). The summed E-state index contributed by atoms with van der Waals surface area (Å²) in [6, 6.07) is 4.24. The van der Waals surface area contributed by atoms with Gasteiger partial charge in [-0.15, -0.1) is 0 Å². The fourth-order valence-corrected chi connectivity index (χ4v) is 2.28. The third-order valence-electron chi connectivity index (χ3n) is 2.77. The molecule has 0 radical (unpaired) electrons. The van der Waals surface area contributed by atoms with E-state index in [4.69, 9.17) is 4.74 Å². The molecular formula is C11H13BrN4O. The Morgan fingerprint density at radius 3 is 3.35 bits per heavy atom. The molecule has 0 amide bonds. The van der Waals surface area contributed by atoms with Gasteiger partial charge in [-0.3, -0.25) is 0 Å². The highest BCUT2D eigenvalue weighted by atomic mass is 79.9. The lowest BCUT2D eigenvalue weighted by Crippen LogP contribution is -2.42. The highest BCUT2D eigenvalue weighted by Crippen LogP contribution is 2.12. The number of rotatable bonds is 2. The Kier molecular flexibility index (Phi) is 3.09. The molecule has 17 heavy (non-hydrogen) atoms. The van der Waals surface area contributed by atoms with Crippen LogP contribution in [0.1, 0.15) is 5.82 Å². The maximum Gasteiger partial charge on any atom is 0.156 e. The highest BCUT2D eigenvalue weighted by Gasteiger charge is 2.16. The number of nitrogens with zero attached hydrogens (tertiary/aromatic N) is 3. The quantitative estimate of drug-likeness (QED) is 0.899. The van der Waals surface area contributed by atoms with Crippen LogP contribution in [0.25, 0.3) is 5.65 Å². The first-order chi connectivity index (χ1) is 8.31. The van der Waals surface area contributed by atoms with Crippen molar-refractivity contribution in [3.8, 4) is 0 Å². The molecule has 0 saturated carbocycles. The van der Waals surface area contributed by atoms with Crippen LogP contribution in [0, 0.1) is 0 Å². The predicted molar refractivity (Wildman–Crippen MR) is 67.0 cm³/mol. The zero-order valence-electron chi connectivity index (χ0n) is 9.27. The summed E-state index contributed by atoms with van der Waals surface area (Å²) < 4.78 is 8.23. The Morgan fingerprint density at radius 1 is 1.59 bits per heavy atom. The lowest BCUT2D eigenvalue weighted by Gasteiger charge is -2.22. The molecule has 1 fully saturated rings. The van der Waals surface area contributed by atoms with Crippen LogP contribution >= 0.6 is 15.9 Å². The maximum atomic E-state index is 5.42. The highest BCUT2D eigenvalue weighted by molar-refractivity contribution is 9.10. The molecule has 0 spiro atoms. The van der Waals surface area contributed by atoms with Gasteiger partial charge in [0.2, 0.25) is 0 Å². The molecule has 0 bridgehead atoms. The molecule has 2 aromatic rings. The molecule has 1 aliphatic heterocycles. The van der Waals surface area contributed by atoms with Crippen LogP contribution in [0.3, 0.4) is 0 Å². The minimum Gasteiger partial charge on any atom is -0.379 e. The SMILES string of the molecule is Brc1ccn2nc(CC3COCCN3)nc2c1. The summed E-state index contributed by atoms with van der Waals surface area (Å²) in [6.07, 6.45) is 2.71. The Hall–Kier alpha value is -0.980. The second kappa shape index (κ2) is 4.72. The van der Waals surface area contributed by atoms with Gasteiger partial charge in [-0.25, -0.2) is 9.50 Å². The summed E-state index contributed by atoms with van der Waals surface area (Å²) in [6.45, 7) is 2.44. The normalized spacial score (nSPS) is 20.9.